The van der Waals surface area contributed by atoms with Crippen molar-refractivity contribution in [3.63, 3.8) is 0 Å². The Morgan fingerprint density at radius 1 is 0.962 bits per heavy atom. The summed E-state index contributed by atoms with van der Waals surface area (Å²) < 4.78 is 27.1. The zero-order valence-electron chi connectivity index (χ0n) is 15.2. The third-order valence-electron chi connectivity index (χ3n) is 4.07. The number of Topliss-reactive ketones (excluding diaryl/α,β-unsaturated/α-hetero) is 1. The first-order valence-corrected chi connectivity index (χ1v) is 9.60. The van der Waals surface area contributed by atoms with E-state index in [9.17, 15) is 18.0 Å². The SMILES string of the molecule is CC(=O)c1ccc(S(=O)(=O)N[C@@H](C)C(=O)Nc2ccc(C)c(C)c2)cc1. The highest BCUT2D eigenvalue weighted by molar-refractivity contribution is 7.89. The van der Waals surface area contributed by atoms with Crippen molar-refractivity contribution in [3.8, 4) is 0 Å². The van der Waals surface area contributed by atoms with Crippen LogP contribution in [0.15, 0.2) is 47.4 Å². The van der Waals surface area contributed by atoms with E-state index in [1.54, 1.807) is 6.07 Å². The van der Waals surface area contributed by atoms with Gasteiger partial charge in [0, 0.05) is 11.3 Å². The number of nitrogens with one attached hydrogen (secondary N) is 2. The first-order valence-electron chi connectivity index (χ1n) is 8.11. The number of ketones is 1. The summed E-state index contributed by atoms with van der Waals surface area (Å²) in [6.45, 7) is 6.77. The zero-order valence-corrected chi connectivity index (χ0v) is 16.0. The van der Waals surface area contributed by atoms with Crippen molar-refractivity contribution in [2.45, 2.75) is 38.6 Å². The average molecular weight is 374 g/mol. The van der Waals surface area contributed by atoms with Crippen molar-refractivity contribution in [1.82, 2.24) is 4.72 Å². The Kier molecular flexibility index (Phi) is 5.94. The zero-order chi connectivity index (χ0) is 19.5. The van der Waals surface area contributed by atoms with Crippen LogP contribution < -0.4 is 10.0 Å². The van der Waals surface area contributed by atoms with E-state index in [4.69, 9.17) is 0 Å². The van der Waals surface area contributed by atoms with Crippen LogP contribution >= 0.6 is 0 Å². The van der Waals surface area contributed by atoms with Gasteiger partial charge < -0.3 is 5.32 Å². The smallest absolute Gasteiger partial charge is 0.242 e. The van der Waals surface area contributed by atoms with E-state index in [0.29, 0.717) is 11.3 Å². The number of hydrogen-bond acceptors (Lipinski definition) is 4. The van der Waals surface area contributed by atoms with Crippen LogP contribution in [0.1, 0.15) is 35.3 Å². The number of hydrogen-bond donors (Lipinski definition) is 2. The lowest BCUT2D eigenvalue weighted by Gasteiger charge is -2.15. The summed E-state index contributed by atoms with van der Waals surface area (Å²) in [4.78, 5) is 23.5. The molecule has 7 heteroatoms. The summed E-state index contributed by atoms with van der Waals surface area (Å²) in [5.74, 6) is -0.611. The highest BCUT2D eigenvalue weighted by Crippen LogP contribution is 2.15. The molecule has 0 bridgehead atoms. The van der Waals surface area contributed by atoms with Crippen molar-refractivity contribution in [2.75, 3.05) is 5.32 Å². The largest absolute Gasteiger partial charge is 0.325 e. The number of rotatable bonds is 6. The van der Waals surface area contributed by atoms with E-state index in [-0.39, 0.29) is 10.7 Å². The third kappa shape index (κ3) is 4.77. The molecule has 0 radical (unpaired) electrons. The predicted octanol–water partition coefficient (Wildman–Crippen LogP) is 2.81. The Morgan fingerprint density at radius 2 is 1.58 bits per heavy atom. The van der Waals surface area contributed by atoms with Crippen LogP contribution in [-0.2, 0) is 14.8 Å². The van der Waals surface area contributed by atoms with Crippen molar-refractivity contribution in [3.05, 3.63) is 59.2 Å². The number of carbonyl (C=O) groups is 2. The molecule has 0 saturated carbocycles. The van der Waals surface area contributed by atoms with Crippen LogP contribution in [0.3, 0.4) is 0 Å². The monoisotopic (exact) mass is 374 g/mol. The van der Waals surface area contributed by atoms with Crippen molar-refractivity contribution in [1.29, 1.82) is 0 Å². The van der Waals surface area contributed by atoms with E-state index in [1.807, 2.05) is 26.0 Å². The molecule has 0 aliphatic heterocycles. The van der Waals surface area contributed by atoms with Gasteiger partial charge in [0.25, 0.3) is 0 Å². The summed E-state index contributed by atoms with van der Waals surface area (Å²) in [5, 5.41) is 2.70. The number of sulfonamides is 1. The quantitative estimate of drug-likeness (QED) is 0.761. The summed E-state index contributed by atoms with van der Waals surface area (Å²) in [6, 6.07) is 10.1. The highest BCUT2D eigenvalue weighted by Gasteiger charge is 2.22. The van der Waals surface area contributed by atoms with Gasteiger partial charge >= 0.3 is 0 Å². The van der Waals surface area contributed by atoms with Crippen LogP contribution in [-0.4, -0.2) is 26.2 Å². The molecule has 2 aromatic rings. The second-order valence-corrected chi connectivity index (χ2v) is 7.93. The highest BCUT2D eigenvalue weighted by atomic mass is 32.2. The molecule has 0 fully saturated rings. The minimum absolute atomic E-state index is 0.00618. The van der Waals surface area contributed by atoms with Gasteiger partial charge in [0.05, 0.1) is 10.9 Å². The number of anilines is 1. The fourth-order valence-electron chi connectivity index (χ4n) is 2.29. The molecule has 0 aliphatic rings. The summed E-state index contributed by atoms with van der Waals surface area (Å²) >= 11 is 0. The molecule has 0 spiro atoms. The van der Waals surface area contributed by atoms with Gasteiger partial charge in [-0.2, -0.15) is 4.72 Å². The Balaban J connectivity index is 2.08. The number of benzene rings is 2. The first-order chi connectivity index (χ1) is 12.1. The van der Waals surface area contributed by atoms with Gasteiger partial charge in [-0.15, -0.1) is 0 Å². The molecule has 2 N–H and O–H groups in total. The van der Waals surface area contributed by atoms with E-state index < -0.39 is 22.0 Å². The molecule has 2 rings (SSSR count). The van der Waals surface area contributed by atoms with Crippen LogP contribution in [0.2, 0.25) is 0 Å². The van der Waals surface area contributed by atoms with Gasteiger partial charge in [-0.1, -0.05) is 18.2 Å². The third-order valence-corrected chi connectivity index (χ3v) is 5.63. The number of carbonyl (C=O) groups excluding carboxylic acids is 2. The van der Waals surface area contributed by atoms with Gasteiger partial charge in [0.1, 0.15) is 0 Å². The number of amides is 1. The molecule has 138 valence electrons. The fourth-order valence-corrected chi connectivity index (χ4v) is 3.50. The van der Waals surface area contributed by atoms with Gasteiger partial charge in [-0.25, -0.2) is 8.42 Å². The second-order valence-electron chi connectivity index (χ2n) is 6.21. The Bertz CT molecular complexity index is 935. The van der Waals surface area contributed by atoms with Gasteiger partial charge in [-0.3, -0.25) is 9.59 Å². The van der Waals surface area contributed by atoms with Crippen LogP contribution in [0.5, 0.6) is 0 Å². The molecule has 0 unspecified atom stereocenters. The van der Waals surface area contributed by atoms with Crippen LogP contribution in [0.25, 0.3) is 0 Å². The molecule has 1 atom stereocenters. The molecule has 0 aromatic heterocycles. The molecule has 0 heterocycles. The van der Waals surface area contributed by atoms with E-state index in [2.05, 4.69) is 10.0 Å². The van der Waals surface area contributed by atoms with Crippen molar-refractivity contribution in [2.24, 2.45) is 0 Å². The van der Waals surface area contributed by atoms with E-state index >= 15 is 0 Å². The van der Waals surface area contributed by atoms with Crippen molar-refractivity contribution >= 4 is 27.4 Å². The maximum absolute atomic E-state index is 12.4. The summed E-state index contributed by atoms with van der Waals surface area (Å²) in [6.07, 6.45) is 0. The Morgan fingerprint density at radius 3 is 2.12 bits per heavy atom. The van der Waals surface area contributed by atoms with Crippen molar-refractivity contribution < 1.29 is 18.0 Å². The van der Waals surface area contributed by atoms with Gasteiger partial charge in [0.15, 0.2) is 5.78 Å². The molecule has 6 nitrogen and oxygen atoms in total. The molecular weight excluding hydrogens is 352 g/mol. The standard InChI is InChI=1S/C19H22N2O4S/c1-12-5-8-17(11-13(12)2)20-19(23)14(3)21-26(24,25)18-9-6-16(7-10-18)15(4)22/h5-11,14,21H,1-4H3,(H,20,23)/t14-/m0/s1. The minimum Gasteiger partial charge on any atom is -0.325 e. The molecule has 0 aliphatic carbocycles. The summed E-state index contributed by atoms with van der Waals surface area (Å²) in [5.41, 5.74) is 3.16. The normalized spacial score (nSPS) is 12.5. The molecule has 26 heavy (non-hydrogen) atoms. The minimum atomic E-state index is -3.88. The lowest BCUT2D eigenvalue weighted by atomic mass is 10.1. The van der Waals surface area contributed by atoms with E-state index in [1.165, 1.54) is 38.1 Å². The van der Waals surface area contributed by atoms with Crippen LogP contribution in [0, 0.1) is 13.8 Å². The molecule has 1 amide bonds. The maximum Gasteiger partial charge on any atom is 0.242 e. The molecule has 2 aromatic carbocycles. The first kappa shape index (κ1) is 19.8. The Hall–Kier alpha value is -2.51. The maximum atomic E-state index is 12.4. The molecular formula is C19H22N2O4S. The topological polar surface area (TPSA) is 92.3 Å². The van der Waals surface area contributed by atoms with Crippen LogP contribution in [0.4, 0.5) is 5.69 Å². The van der Waals surface area contributed by atoms with E-state index in [0.717, 1.165) is 11.1 Å². The van der Waals surface area contributed by atoms with Gasteiger partial charge in [0.2, 0.25) is 15.9 Å². The second kappa shape index (κ2) is 7.80. The lowest BCUT2D eigenvalue weighted by molar-refractivity contribution is -0.117. The average Bonchev–Trinajstić information content (AvgIpc) is 2.57. The fraction of sp³-hybridized carbons (Fsp3) is 0.263. The summed E-state index contributed by atoms with van der Waals surface area (Å²) in [7, 11) is -3.88. The Labute approximate surface area is 153 Å². The lowest BCUT2D eigenvalue weighted by Crippen LogP contribution is -2.41. The molecule has 0 saturated heterocycles. The number of aryl methyl sites for hydroxylation is 2. The van der Waals surface area contributed by atoms with Gasteiger partial charge in [-0.05, 0) is 63.1 Å². The predicted molar refractivity (Wildman–Crippen MR) is 101 cm³/mol.